The normalized spacial score (nSPS) is 17.1. The zero-order chi connectivity index (χ0) is 25.1. The van der Waals surface area contributed by atoms with Gasteiger partial charge < -0.3 is 24.8 Å². The largest absolute Gasteiger partial charge is 0.493 e. The molecule has 0 aromatic heterocycles. The molecule has 2 amide bonds. The number of benzene rings is 3. The summed E-state index contributed by atoms with van der Waals surface area (Å²) in [6.07, 6.45) is 1.08. The van der Waals surface area contributed by atoms with E-state index in [-0.39, 0.29) is 18.1 Å². The summed E-state index contributed by atoms with van der Waals surface area (Å²) in [5, 5.41) is 8.61. The van der Waals surface area contributed by atoms with Gasteiger partial charge in [0.25, 0.3) is 0 Å². The van der Waals surface area contributed by atoms with E-state index in [0.717, 1.165) is 57.7 Å². The Kier molecular flexibility index (Phi) is 7.20. The molecule has 3 aromatic carbocycles. The van der Waals surface area contributed by atoms with Crippen LogP contribution in [0.3, 0.4) is 0 Å². The van der Waals surface area contributed by atoms with Gasteiger partial charge in [-0.3, -0.25) is 9.69 Å². The van der Waals surface area contributed by atoms with E-state index in [1.54, 1.807) is 19.1 Å². The molecule has 0 spiro atoms. The fraction of sp³-hybridized carbons (Fsp3) is 0.333. The minimum atomic E-state index is -0.352. The molecule has 0 unspecified atom stereocenters. The van der Waals surface area contributed by atoms with E-state index in [4.69, 9.17) is 14.2 Å². The minimum Gasteiger partial charge on any atom is -0.493 e. The first kappa shape index (κ1) is 24.3. The highest BCUT2D eigenvalue weighted by molar-refractivity contribution is 8.00. The number of nitrogens with one attached hydrogen (secondary N) is 2. The van der Waals surface area contributed by atoms with Crippen molar-refractivity contribution in [1.82, 2.24) is 5.32 Å². The number of cyclic esters (lactones) is 1. The molecule has 1 fully saturated rings. The summed E-state index contributed by atoms with van der Waals surface area (Å²) in [5.41, 5.74) is 2.54. The van der Waals surface area contributed by atoms with Gasteiger partial charge in [-0.05, 0) is 54.4 Å². The van der Waals surface area contributed by atoms with Gasteiger partial charge in [-0.2, -0.15) is 0 Å². The van der Waals surface area contributed by atoms with Gasteiger partial charge >= 0.3 is 6.09 Å². The molecule has 0 radical (unpaired) electrons. The zero-order valence-electron chi connectivity index (χ0n) is 20.3. The average Bonchev–Trinajstić information content (AvgIpc) is 3.27. The molecule has 188 valence electrons. The molecule has 2 aliphatic heterocycles. The van der Waals surface area contributed by atoms with Crippen molar-refractivity contribution in [2.75, 3.05) is 43.3 Å². The maximum absolute atomic E-state index is 12.5. The number of thioether (sulfide) groups is 1. The van der Waals surface area contributed by atoms with Crippen LogP contribution in [-0.2, 0) is 16.1 Å². The third-order valence-electron chi connectivity index (χ3n) is 6.46. The number of nitrogens with zero attached hydrogens (tertiary/aromatic N) is 1. The molecule has 2 N–H and O–H groups in total. The van der Waals surface area contributed by atoms with Gasteiger partial charge in [0.1, 0.15) is 6.10 Å². The van der Waals surface area contributed by atoms with Crippen LogP contribution in [0.4, 0.5) is 16.2 Å². The highest BCUT2D eigenvalue weighted by atomic mass is 32.2. The summed E-state index contributed by atoms with van der Waals surface area (Å²) in [5.74, 6) is 1.84. The molecule has 9 heteroatoms. The molecule has 36 heavy (non-hydrogen) atoms. The van der Waals surface area contributed by atoms with Crippen LogP contribution in [0.15, 0.2) is 53.4 Å². The second-order valence-corrected chi connectivity index (χ2v) is 9.78. The summed E-state index contributed by atoms with van der Waals surface area (Å²) in [6.45, 7) is 1.90. The van der Waals surface area contributed by atoms with Crippen LogP contribution in [0.25, 0.3) is 10.8 Å². The number of methoxy groups -OCH3 is 2. The number of carbonyl (C=O) groups is 2. The van der Waals surface area contributed by atoms with E-state index >= 15 is 0 Å². The van der Waals surface area contributed by atoms with E-state index < -0.39 is 0 Å². The van der Waals surface area contributed by atoms with Crippen LogP contribution in [0.2, 0.25) is 0 Å². The first-order valence-corrected chi connectivity index (χ1v) is 12.9. The highest BCUT2D eigenvalue weighted by Crippen LogP contribution is 2.38. The number of anilines is 2. The highest BCUT2D eigenvalue weighted by Gasteiger charge is 2.32. The lowest BCUT2D eigenvalue weighted by Crippen LogP contribution is -2.25. The standard InChI is InChI=1S/C27H29N3O5S/c1-33-23-12-17-6-3-4-8-20(17)21(26(23)34-2)14-28-11-5-7-19-15-30(27(32)35-19)18-9-10-24-22(13-18)29-25(31)16-36-24/h3-4,6,8-10,12-13,19,28H,5,7,11,14-16H2,1-2H3,(H,29,31)/t19-/m1/s1. The maximum atomic E-state index is 12.5. The number of fused-ring (bicyclic) bond motifs is 2. The van der Waals surface area contributed by atoms with E-state index in [2.05, 4.69) is 22.8 Å². The predicted octanol–water partition coefficient (Wildman–Crippen LogP) is 4.80. The molecule has 1 saturated heterocycles. The third-order valence-corrected chi connectivity index (χ3v) is 7.53. The van der Waals surface area contributed by atoms with Gasteiger partial charge in [-0.1, -0.05) is 24.3 Å². The monoisotopic (exact) mass is 507 g/mol. The fourth-order valence-electron chi connectivity index (χ4n) is 4.72. The van der Waals surface area contributed by atoms with Crippen LogP contribution in [0, 0.1) is 0 Å². The predicted molar refractivity (Wildman–Crippen MR) is 141 cm³/mol. The van der Waals surface area contributed by atoms with Gasteiger partial charge in [0.15, 0.2) is 11.5 Å². The summed E-state index contributed by atoms with van der Waals surface area (Å²) in [6, 6.07) is 15.9. The Balaban J connectivity index is 1.16. The second-order valence-electron chi connectivity index (χ2n) is 8.76. The summed E-state index contributed by atoms with van der Waals surface area (Å²) in [4.78, 5) is 26.9. The van der Waals surface area contributed by atoms with Crippen molar-refractivity contribution in [2.45, 2.75) is 30.4 Å². The van der Waals surface area contributed by atoms with E-state index in [0.29, 0.717) is 24.6 Å². The molecular weight excluding hydrogens is 478 g/mol. The summed E-state index contributed by atoms with van der Waals surface area (Å²) < 4.78 is 16.8. The quantitative estimate of drug-likeness (QED) is 0.402. The SMILES string of the molecule is COc1cc2ccccc2c(CNCCC[C@@H]2CN(c3ccc4c(c3)NC(=O)CS4)C(=O)O2)c1OC. The lowest BCUT2D eigenvalue weighted by Gasteiger charge is -2.20. The smallest absolute Gasteiger partial charge is 0.414 e. The van der Waals surface area contributed by atoms with Crippen LogP contribution < -0.4 is 25.0 Å². The number of rotatable bonds is 9. The van der Waals surface area contributed by atoms with Crippen LogP contribution >= 0.6 is 11.8 Å². The van der Waals surface area contributed by atoms with Crippen molar-refractivity contribution in [3.8, 4) is 11.5 Å². The van der Waals surface area contributed by atoms with Gasteiger partial charge in [0.2, 0.25) is 5.91 Å². The third kappa shape index (κ3) is 4.94. The number of amides is 2. The summed E-state index contributed by atoms with van der Waals surface area (Å²) >= 11 is 1.50. The molecule has 0 bridgehead atoms. The van der Waals surface area contributed by atoms with E-state index in [1.807, 2.05) is 36.4 Å². The lowest BCUT2D eigenvalue weighted by molar-refractivity contribution is -0.113. The van der Waals surface area contributed by atoms with Crippen LogP contribution in [-0.4, -0.2) is 51.2 Å². The van der Waals surface area contributed by atoms with E-state index in [9.17, 15) is 9.59 Å². The number of ether oxygens (including phenoxy) is 3. The first-order chi connectivity index (χ1) is 17.6. The molecule has 1 atom stereocenters. The van der Waals surface area contributed by atoms with Gasteiger partial charge in [0.05, 0.1) is 32.2 Å². The number of carbonyl (C=O) groups excluding carboxylic acids is 2. The summed E-state index contributed by atoms with van der Waals surface area (Å²) in [7, 11) is 3.31. The molecule has 2 heterocycles. The lowest BCUT2D eigenvalue weighted by atomic mass is 10.0. The Labute approximate surface area is 214 Å². The molecule has 0 aliphatic carbocycles. The number of hydrogen-bond acceptors (Lipinski definition) is 7. The van der Waals surface area contributed by atoms with Crippen molar-refractivity contribution >= 4 is 45.9 Å². The van der Waals surface area contributed by atoms with E-state index in [1.165, 1.54) is 11.8 Å². The fourth-order valence-corrected chi connectivity index (χ4v) is 5.50. The van der Waals surface area contributed by atoms with Gasteiger partial charge in [-0.15, -0.1) is 11.8 Å². The Morgan fingerprint density at radius 3 is 2.83 bits per heavy atom. The molecule has 0 saturated carbocycles. The molecule has 2 aliphatic rings. The zero-order valence-corrected chi connectivity index (χ0v) is 21.2. The maximum Gasteiger partial charge on any atom is 0.414 e. The Bertz CT molecular complexity index is 1300. The molecule has 5 rings (SSSR count). The Morgan fingerprint density at radius 1 is 1.14 bits per heavy atom. The topological polar surface area (TPSA) is 89.1 Å². The van der Waals surface area contributed by atoms with Crippen molar-refractivity contribution in [3.63, 3.8) is 0 Å². The van der Waals surface area contributed by atoms with Crippen LogP contribution in [0.5, 0.6) is 11.5 Å². The molecular formula is C27H29N3O5S. The minimum absolute atomic E-state index is 0.0291. The molecule has 8 nitrogen and oxygen atoms in total. The van der Waals surface area contributed by atoms with Crippen molar-refractivity contribution in [3.05, 3.63) is 54.1 Å². The number of hydrogen-bond donors (Lipinski definition) is 2. The van der Waals surface area contributed by atoms with Crippen molar-refractivity contribution < 1.29 is 23.8 Å². The van der Waals surface area contributed by atoms with Crippen molar-refractivity contribution in [1.29, 1.82) is 0 Å². The first-order valence-electron chi connectivity index (χ1n) is 12.0. The van der Waals surface area contributed by atoms with Crippen molar-refractivity contribution in [2.24, 2.45) is 0 Å². The second kappa shape index (κ2) is 10.7. The average molecular weight is 508 g/mol. The van der Waals surface area contributed by atoms with Gasteiger partial charge in [0, 0.05) is 22.7 Å². The Hall–Kier alpha value is -3.43. The molecule has 3 aromatic rings. The Morgan fingerprint density at radius 2 is 2.00 bits per heavy atom. The van der Waals surface area contributed by atoms with Gasteiger partial charge in [-0.25, -0.2) is 4.79 Å². The van der Waals surface area contributed by atoms with Crippen LogP contribution in [0.1, 0.15) is 18.4 Å².